The standard InChI is InChI=1S/C18H30ClNO/c1-11(2)14-7-16(12(3)4)18(17(8-14)13(5)6)20-10-15(21)9-19/h7-8,11-13,15,20-21H,9-10H2,1-6H3. The average molecular weight is 312 g/mol. The molecule has 0 aromatic heterocycles. The van der Waals surface area contributed by atoms with Crippen LogP contribution in [0.1, 0.15) is 76.0 Å². The molecule has 0 amide bonds. The molecule has 0 saturated carbocycles. The third-order valence-corrected chi connectivity index (χ3v) is 4.18. The number of hydrogen-bond acceptors (Lipinski definition) is 2. The highest BCUT2D eigenvalue weighted by Crippen LogP contribution is 2.35. The molecule has 0 radical (unpaired) electrons. The van der Waals surface area contributed by atoms with Gasteiger partial charge in [-0.25, -0.2) is 0 Å². The molecule has 1 atom stereocenters. The number of benzene rings is 1. The smallest absolute Gasteiger partial charge is 0.0847 e. The Bertz CT molecular complexity index is 426. The van der Waals surface area contributed by atoms with E-state index in [1.54, 1.807) is 0 Å². The number of hydrogen-bond donors (Lipinski definition) is 2. The lowest BCUT2D eigenvalue weighted by molar-refractivity contribution is 0.211. The van der Waals surface area contributed by atoms with Gasteiger partial charge in [0.25, 0.3) is 0 Å². The Balaban J connectivity index is 3.29. The highest BCUT2D eigenvalue weighted by molar-refractivity contribution is 6.18. The van der Waals surface area contributed by atoms with Crippen LogP contribution in [0.2, 0.25) is 0 Å². The molecule has 0 saturated heterocycles. The summed E-state index contributed by atoms with van der Waals surface area (Å²) >= 11 is 5.70. The van der Waals surface area contributed by atoms with Gasteiger partial charge in [0, 0.05) is 12.2 Å². The van der Waals surface area contributed by atoms with Crippen LogP contribution in [0.5, 0.6) is 0 Å². The lowest BCUT2D eigenvalue weighted by atomic mass is 9.87. The molecule has 1 aromatic carbocycles. The second kappa shape index (κ2) is 8.05. The first-order chi connectivity index (χ1) is 9.77. The van der Waals surface area contributed by atoms with E-state index in [-0.39, 0.29) is 5.88 Å². The van der Waals surface area contributed by atoms with Crippen molar-refractivity contribution < 1.29 is 5.11 Å². The SMILES string of the molecule is CC(C)c1cc(C(C)C)c(NCC(O)CCl)c(C(C)C)c1. The van der Waals surface area contributed by atoms with E-state index in [1.165, 1.54) is 22.4 Å². The molecule has 0 aliphatic rings. The topological polar surface area (TPSA) is 32.3 Å². The van der Waals surface area contributed by atoms with Crippen LogP contribution >= 0.6 is 11.6 Å². The summed E-state index contributed by atoms with van der Waals surface area (Å²) in [6, 6.07) is 4.60. The van der Waals surface area contributed by atoms with E-state index in [0.29, 0.717) is 24.3 Å². The first kappa shape index (κ1) is 18.3. The third kappa shape index (κ3) is 4.89. The molecule has 0 heterocycles. The van der Waals surface area contributed by atoms with Gasteiger partial charge in [-0.15, -0.1) is 11.6 Å². The lowest BCUT2D eigenvalue weighted by Crippen LogP contribution is -2.22. The van der Waals surface area contributed by atoms with Crippen molar-refractivity contribution in [3.8, 4) is 0 Å². The summed E-state index contributed by atoms with van der Waals surface area (Å²) in [6.45, 7) is 13.8. The average Bonchev–Trinajstić information content (AvgIpc) is 2.43. The summed E-state index contributed by atoms with van der Waals surface area (Å²) in [5, 5.41) is 13.2. The minimum Gasteiger partial charge on any atom is -0.390 e. The molecule has 0 aliphatic heterocycles. The predicted octanol–water partition coefficient (Wildman–Crippen LogP) is 5.07. The largest absolute Gasteiger partial charge is 0.390 e. The van der Waals surface area contributed by atoms with Crippen molar-refractivity contribution in [1.29, 1.82) is 0 Å². The van der Waals surface area contributed by atoms with Gasteiger partial charge < -0.3 is 10.4 Å². The van der Waals surface area contributed by atoms with Gasteiger partial charge in [0.15, 0.2) is 0 Å². The second-order valence-electron chi connectivity index (χ2n) is 6.73. The highest BCUT2D eigenvalue weighted by Gasteiger charge is 2.17. The summed E-state index contributed by atoms with van der Waals surface area (Å²) in [5.74, 6) is 1.65. The van der Waals surface area contributed by atoms with Crippen LogP contribution in [-0.2, 0) is 0 Å². The zero-order chi connectivity index (χ0) is 16.2. The Morgan fingerprint density at radius 1 is 0.952 bits per heavy atom. The first-order valence-electron chi connectivity index (χ1n) is 7.93. The second-order valence-corrected chi connectivity index (χ2v) is 7.04. The van der Waals surface area contributed by atoms with Gasteiger partial charge in [0.2, 0.25) is 0 Å². The molecular formula is C18H30ClNO. The predicted molar refractivity (Wildman–Crippen MR) is 93.9 cm³/mol. The molecule has 1 unspecified atom stereocenters. The van der Waals surface area contributed by atoms with Crippen molar-refractivity contribution in [1.82, 2.24) is 0 Å². The Hall–Kier alpha value is -0.730. The molecule has 0 spiro atoms. The van der Waals surface area contributed by atoms with Crippen molar-refractivity contribution in [3.63, 3.8) is 0 Å². The molecule has 2 N–H and O–H groups in total. The number of nitrogens with one attached hydrogen (secondary N) is 1. The molecule has 0 bridgehead atoms. The zero-order valence-corrected chi connectivity index (χ0v) is 15.0. The molecule has 0 fully saturated rings. The maximum atomic E-state index is 9.73. The molecule has 0 aliphatic carbocycles. The number of rotatable bonds is 7. The summed E-state index contributed by atoms with van der Waals surface area (Å²) in [6.07, 6.45) is -0.517. The van der Waals surface area contributed by atoms with E-state index >= 15 is 0 Å². The summed E-state index contributed by atoms with van der Waals surface area (Å²) < 4.78 is 0. The fourth-order valence-corrected chi connectivity index (χ4v) is 2.54. The summed E-state index contributed by atoms with van der Waals surface area (Å²) in [5.41, 5.74) is 5.21. The maximum Gasteiger partial charge on any atom is 0.0847 e. The quantitative estimate of drug-likeness (QED) is 0.689. The molecule has 21 heavy (non-hydrogen) atoms. The van der Waals surface area contributed by atoms with Crippen LogP contribution in [0.3, 0.4) is 0 Å². The van der Waals surface area contributed by atoms with Crippen LogP contribution in [0, 0.1) is 0 Å². The van der Waals surface area contributed by atoms with Crippen LogP contribution in [0.15, 0.2) is 12.1 Å². The van der Waals surface area contributed by atoms with Crippen LogP contribution < -0.4 is 5.32 Å². The van der Waals surface area contributed by atoms with Gasteiger partial charge >= 0.3 is 0 Å². The van der Waals surface area contributed by atoms with Gasteiger partial charge in [0.05, 0.1) is 12.0 Å². The van der Waals surface area contributed by atoms with Crippen LogP contribution in [-0.4, -0.2) is 23.6 Å². The molecule has 120 valence electrons. The van der Waals surface area contributed by atoms with Crippen molar-refractivity contribution in [2.24, 2.45) is 0 Å². The van der Waals surface area contributed by atoms with Gasteiger partial charge in [-0.2, -0.15) is 0 Å². The summed E-state index contributed by atoms with van der Waals surface area (Å²) in [4.78, 5) is 0. The van der Waals surface area contributed by atoms with Crippen molar-refractivity contribution in [2.75, 3.05) is 17.7 Å². The molecule has 2 nitrogen and oxygen atoms in total. The van der Waals surface area contributed by atoms with E-state index in [9.17, 15) is 5.11 Å². The van der Waals surface area contributed by atoms with Crippen molar-refractivity contribution in [2.45, 2.75) is 65.4 Å². The number of aliphatic hydroxyl groups is 1. The zero-order valence-electron chi connectivity index (χ0n) is 14.2. The Labute approximate surface area is 134 Å². The monoisotopic (exact) mass is 311 g/mol. The van der Waals surface area contributed by atoms with Crippen LogP contribution in [0.4, 0.5) is 5.69 Å². The van der Waals surface area contributed by atoms with E-state index in [0.717, 1.165) is 0 Å². The van der Waals surface area contributed by atoms with Gasteiger partial charge in [-0.1, -0.05) is 53.7 Å². The fourth-order valence-electron chi connectivity index (χ4n) is 2.43. The molecule has 1 rings (SSSR count). The van der Waals surface area contributed by atoms with E-state index in [1.807, 2.05) is 0 Å². The highest BCUT2D eigenvalue weighted by atomic mass is 35.5. The first-order valence-corrected chi connectivity index (χ1v) is 8.46. The van der Waals surface area contributed by atoms with Gasteiger partial charge in [-0.05, 0) is 34.4 Å². The normalized spacial score (nSPS) is 13.3. The molecule has 3 heteroatoms. The lowest BCUT2D eigenvalue weighted by Gasteiger charge is -2.24. The fraction of sp³-hybridized carbons (Fsp3) is 0.667. The molecular weight excluding hydrogens is 282 g/mol. The maximum absolute atomic E-state index is 9.73. The Kier molecular flexibility index (Phi) is 7.02. The Morgan fingerprint density at radius 3 is 1.76 bits per heavy atom. The molecule has 1 aromatic rings. The Morgan fingerprint density at radius 2 is 1.43 bits per heavy atom. The van der Waals surface area contributed by atoms with Gasteiger partial charge in [-0.3, -0.25) is 0 Å². The van der Waals surface area contributed by atoms with Crippen molar-refractivity contribution in [3.05, 3.63) is 28.8 Å². The van der Waals surface area contributed by atoms with E-state index in [4.69, 9.17) is 11.6 Å². The number of alkyl halides is 1. The van der Waals surface area contributed by atoms with E-state index in [2.05, 4.69) is 59.0 Å². The van der Waals surface area contributed by atoms with Gasteiger partial charge in [0.1, 0.15) is 0 Å². The van der Waals surface area contributed by atoms with Crippen LogP contribution in [0.25, 0.3) is 0 Å². The summed E-state index contributed by atoms with van der Waals surface area (Å²) in [7, 11) is 0. The number of halogens is 1. The van der Waals surface area contributed by atoms with Crippen molar-refractivity contribution >= 4 is 17.3 Å². The number of anilines is 1. The van der Waals surface area contributed by atoms with E-state index < -0.39 is 6.10 Å². The third-order valence-electron chi connectivity index (χ3n) is 3.82. The minimum atomic E-state index is -0.517. The number of aliphatic hydroxyl groups excluding tert-OH is 1. The minimum absolute atomic E-state index is 0.255.